The van der Waals surface area contributed by atoms with Crippen LogP contribution in [0.3, 0.4) is 0 Å². The van der Waals surface area contributed by atoms with Gasteiger partial charge in [-0.2, -0.15) is 0 Å². The van der Waals surface area contributed by atoms with E-state index in [2.05, 4.69) is 26.0 Å². The zero-order valence-corrected chi connectivity index (χ0v) is 9.81. The van der Waals surface area contributed by atoms with E-state index in [1.807, 2.05) is 11.3 Å². The second kappa shape index (κ2) is 5.49. The molecule has 0 spiro atoms. The number of hydrogen-bond acceptors (Lipinski definition) is 3. The van der Waals surface area contributed by atoms with E-state index in [9.17, 15) is 0 Å². The van der Waals surface area contributed by atoms with Gasteiger partial charge in [0.25, 0.3) is 0 Å². The fourth-order valence-corrected chi connectivity index (χ4v) is 2.56. The van der Waals surface area contributed by atoms with Gasteiger partial charge in [-0.05, 0) is 50.4 Å². The van der Waals surface area contributed by atoms with Gasteiger partial charge >= 0.3 is 0 Å². The zero-order chi connectivity index (χ0) is 10.6. The molecular formula is C11H20N2S. The van der Waals surface area contributed by atoms with Crippen molar-refractivity contribution in [2.24, 2.45) is 17.4 Å². The molecule has 0 fully saturated rings. The molecule has 0 bridgehead atoms. The summed E-state index contributed by atoms with van der Waals surface area (Å²) in [6.45, 7) is 5.80. The molecule has 0 aliphatic heterocycles. The highest BCUT2D eigenvalue weighted by Crippen LogP contribution is 2.28. The Morgan fingerprint density at radius 1 is 1.29 bits per heavy atom. The maximum Gasteiger partial charge on any atom is 0.00763 e. The van der Waals surface area contributed by atoms with E-state index in [1.165, 1.54) is 9.75 Å². The molecule has 0 saturated heterocycles. The smallest absolute Gasteiger partial charge is 0.00763 e. The largest absolute Gasteiger partial charge is 0.330 e. The van der Waals surface area contributed by atoms with Crippen molar-refractivity contribution in [3.8, 4) is 0 Å². The van der Waals surface area contributed by atoms with Crippen molar-refractivity contribution < 1.29 is 0 Å². The summed E-state index contributed by atoms with van der Waals surface area (Å²) in [4.78, 5) is 2.83. The average molecular weight is 212 g/mol. The van der Waals surface area contributed by atoms with E-state index in [0.717, 1.165) is 6.42 Å². The summed E-state index contributed by atoms with van der Waals surface area (Å²) in [5.41, 5.74) is 11.3. The molecule has 14 heavy (non-hydrogen) atoms. The Bertz CT molecular complexity index is 266. The highest BCUT2D eigenvalue weighted by atomic mass is 32.1. The first kappa shape index (κ1) is 11.7. The Morgan fingerprint density at radius 3 is 2.36 bits per heavy atom. The van der Waals surface area contributed by atoms with Crippen molar-refractivity contribution in [3.05, 3.63) is 21.9 Å². The van der Waals surface area contributed by atoms with Crippen LogP contribution in [0.15, 0.2) is 12.1 Å². The lowest BCUT2D eigenvalue weighted by Gasteiger charge is -2.16. The molecule has 1 heterocycles. The topological polar surface area (TPSA) is 52.0 Å². The molecular weight excluding hydrogens is 192 g/mol. The van der Waals surface area contributed by atoms with Gasteiger partial charge in [0.2, 0.25) is 0 Å². The van der Waals surface area contributed by atoms with Gasteiger partial charge in [0.1, 0.15) is 0 Å². The van der Waals surface area contributed by atoms with E-state index in [4.69, 9.17) is 11.5 Å². The molecule has 3 heteroatoms. The molecule has 1 atom stereocenters. The van der Waals surface area contributed by atoms with Gasteiger partial charge in [-0.3, -0.25) is 0 Å². The third-order valence-electron chi connectivity index (χ3n) is 2.60. The molecule has 0 saturated carbocycles. The Hall–Kier alpha value is -0.380. The van der Waals surface area contributed by atoms with Crippen molar-refractivity contribution in [2.45, 2.75) is 26.2 Å². The Morgan fingerprint density at radius 2 is 1.93 bits per heavy atom. The van der Waals surface area contributed by atoms with Crippen LogP contribution in [0.2, 0.25) is 0 Å². The van der Waals surface area contributed by atoms with E-state index in [0.29, 0.717) is 24.9 Å². The molecule has 2 nitrogen and oxygen atoms in total. The highest BCUT2D eigenvalue weighted by Gasteiger charge is 2.13. The third kappa shape index (κ3) is 3.08. The van der Waals surface area contributed by atoms with Gasteiger partial charge in [0.05, 0.1) is 0 Å². The molecule has 0 aliphatic carbocycles. The number of thiophene rings is 1. The lowest BCUT2D eigenvalue weighted by molar-refractivity contribution is 0.468. The maximum atomic E-state index is 5.64. The van der Waals surface area contributed by atoms with Crippen LogP contribution in [-0.4, -0.2) is 13.1 Å². The molecule has 4 N–H and O–H groups in total. The fourth-order valence-electron chi connectivity index (χ4n) is 1.62. The molecule has 1 rings (SSSR count). The van der Waals surface area contributed by atoms with Gasteiger partial charge < -0.3 is 11.5 Å². The first-order chi connectivity index (χ1) is 6.67. The van der Waals surface area contributed by atoms with Crippen molar-refractivity contribution in [1.29, 1.82) is 0 Å². The molecule has 0 radical (unpaired) electrons. The molecule has 80 valence electrons. The molecule has 0 aromatic carbocycles. The van der Waals surface area contributed by atoms with E-state index >= 15 is 0 Å². The first-order valence-corrected chi connectivity index (χ1v) is 5.95. The number of aryl methyl sites for hydroxylation is 1. The van der Waals surface area contributed by atoms with Gasteiger partial charge in [-0.1, -0.05) is 6.92 Å². The predicted octanol–water partition coefficient (Wildman–Crippen LogP) is 2.08. The molecule has 1 aromatic rings. The van der Waals surface area contributed by atoms with Gasteiger partial charge in [-0.15, -0.1) is 11.3 Å². The molecule has 0 aliphatic rings. The number of rotatable bonds is 5. The second-order valence-electron chi connectivity index (χ2n) is 3.92. The van der Waals surface area contributed by atoms with E-state index < -0.39 is 0 Å². The van der Waals surface area contributed by atoms with Crippen molar-refractivity contribution in [1.82, 2.24) is 0 Å². The second-order valence-corrected chi connectivity index (χ2v) is 5.24. The summed E-state index contributed by atoms with van der Waals surface area (Å²) in [5, 5.41) is 0. The first-order valence-electron chi connectivity index (χ1n) is 5.13. The third-order valence-corrected chi connectivity index (χ3v) is 3.83. The van der Waals surface area contributed by atoms with Crippen LogP contribution in [0.1, 0.15) is 29.0 Å². The normalized spacial score (nSPS) is 13.5. The summed E-state index contributed by atoms with van der Waals surface area (Å²) >= 11 is 1.88. The minimum atomic E-state index is 0.465. The summed E-state index contributed by atoms with van der Waals surface area (Å²) in [7, 11) is 0. The SMILES string of the molecule is Cc1ccc(C(C)CC(CN)CN)s1. The summed E-state index contributed by atoms with van der Waals surface area (Å²) in [5.74, 6) is 1.05. The van der Waals surface area contributed by atoms with Gasteiger partial charge in [-0.25, -0.2) is 0 Å². The maximum absolute atomic E-state index is 5.64. The van der Waals surface area contributed by atoms with Crippen LogP contribution >= 0.6 is 11.3 Å². The molecule has 0 amide bonds. The minimum Gasteiger partial charge on any atom is -0.330 e. The Balaban J connectivity index is 2.53. The van der Waals surface area contributed by atoms with Crippen LogP contribution in [0.4, 0.5) is 0 Å². The number of nitrogens with two attached hydrogens (primary N) is 2. The molecule has 1 aromatic heterocycles. The Kier molecular flexibility index (Phi) is 4.58. The van der Waals surface area contributed by atoms with Crippen LogP contribution in [-0.2, 0) is 0 Å². The molecule has 1 unspecified atom stereocenters. The van der Waals surface area contributed by atoms with Crippen molar-refractivity contribution in [3.63, 3.8) is 0 Å². The quantitative estimate of drug-likeness (QED) is 0.785. The summed E-state index contributed by atoms with van der Waals surface area (Å²) in [6, 6.07) is 4.39. The standard InChI is InChI=1S/C11H20N2S/c1-8(5-10(6-12)7-13)11-4-3-9(2)14-11/h3-4,8,10H,5-7,12-13H2,1-2H3. The monoisotopic (exact) mass is 212 g/mol. The lowest BCUT2D eigenvalue weighted by Crippen LogP contribution is -2.24. The van der Waals surface area contributed by atoms with Gasteiger partial charge in [0.15, 0.2) is 0 Å². The average Bonchev–Trinajstić information content (AvgIpc) is 2.61. The van der Waals surface area contributed by atoms with Crippen LogP contribution in [0.5, 0.6) is 0 Å². The van der Waals surface area contributed by atoms with Crippen LogP contribution in [0.25, 0.3) is 0 Å². The zero-order valence-electron chi connectivity index (χ0n) is 8.99. The summed E-state index contributed by atoms with van der Waals surface area (Å²) < 4.78 is 0. The van der Waals surface area contributed by atoms with Gasteiger partial charge in [0, 0.05) is 9.75 Å². The predicted molar refractivity (Wildman–Crippen MR) is 63.7 cm³/mol. The highest BCUT2D eigenvalue weighted by molar-refractivity contribution is 7.12. The van der Waals surface area contributed by atoms with Crippen LogP contribution in [0, 0.1) is 12.8 Å². The summed E-state index contributed by atoms with van der Waals surface area (Å²) in [6.07, 6.45) is 1.10. The van der Waals surface area contributed by atoms with Crippen LogP contribution < -0.4 is 11.5 Å². The minimum absolute atomic E-state index is 0.465. The fraction of sp³-hybridized carbons (Fsp3) is 0.636. The van der Waals surface area contributed by atoms with E-state index in [1.54, 1.807) is 0 Å². The van der Waals surface area contributed by atoms with Crippen molar-refractivity contribution >= 4 is 11.3 Å². The van der Waals surface area contributed by atoms with E-state index in [-0.39, 0.29) is 0 Å². The lowest BCUT2D eigenvalue weighted by atomic mass is 9.95. The Labute approximate surface area is 90.3 Å². The number of hydrogen-bond donors (Lipinski definition) is 2. The van der Waals surface area contributed by atoms with Crippen molar-refractivity contribution in [2.75, 3.05) is 13.1 Å².